The number of ether oxygens (including phenoxy) is 1. The van der Waals surface area contributed by atoms with Crippen LogP contribution in [0.1, 0.15) is 19.3 Å². The molecule has 0 spiro atoms. The third kappa shape index (κ3) is 2.58. The summed E-state index contributed by atoms with van der Waals surface area (Å²) in [6, 6.07) is 0. The first kappa shape index (κ1) is 7.88. The van der Waals surface area contributed by atoms with Crippen LogP contribution in [0.4, 0.5) is 8.78 Å². The van der Waals surface area contributed by atoms with Gasteiger partial charge in [0, 0.05) is 5.54 Å². The Balaban J connectivity index is 1.95. The summed E-state index contributed by atoms with van der Waals surface area (Å²) in [5.41, 5.74) is 5.44. The molecule has 0 radical (unpaired) electrons. The Kier molecular flexibility index (Phi) is 2.21. The van der Waals surface area contributed by atoms with E-state index in [-0.39, 0.29) is 12.1 Å². The Bertz CT molecular complexity index is 114. The summed E-state index contributed by atoms with van der Waals surface area (Å²) in [6.45, 7) is -2.57. The largest absolute Gasteiger partial charge is 0.345 e. The van der Waals surface area contributed by atoms with Gasteiger partial charge in [0.05, 0.1) is 6.61 Å². The van der Waals surface area contributed by atoms with Gasteiger partial charge in [-0.05, 0) is 19.3 Å². The first-order valence-electron chi connectivity index (χ1n) is 3.31. The van der Waals surface area contributed by atoms with Crippen LogP contribution in [0.25, 0.3) is 0 Å². The van der Waals surface area contributed by atoms with E-state index in [9.17, 15) is 8.78 Å². The van der Waals surface area contributed by atoms with Crippen LogP contribution >= 0.6 is 0 Å². The number of halogens is 2. The van der Waals surface area contributed by atoms with E-state index < -0.39 is 6.61 Å². The van der Waals surface area contributed by atoms with Gasteiger partial charge in [-0.1, -0.05) is 0 Å². The average molecular weight is 151 g/mol. The van der Waals surface area contributed by atoms with E-state index in [1.807, 2.05) is 0 Å². The van der Waals surface area contributed by atoms with Crippen molar-refractivity contribution in [3.63, 3.8) is 0 Å². The molecule has 0 atom stereocenters. The Morgan fingerprint density at radius 3 is 2.50 bits per heavy atom. The fourth-order valence-corrected chi connectivity index (χ4v) is 0.762. The van der Waals surface area contributed by atoms with Crippen molar-refractivity contribution in [3.8, 4) is 0 Å². The van der Waals surface area contributed by atoms with Crippen LogP contribution in [-0.2, 0) is 4.74 Å². The zero-order valence-electron chi connectivity index (χ0n) is 5.65. The standard InChI is InChI=1S/C6H11F2NO/c7-5(8)10-4-3-6(9)1-2-6/h5H,1-4,9H2. The smallest absolute Gasteiger partial charge is 0.325 e. The molecule has 0 amide bonds. The highest BCUT2D eigenvalue weighted by atomic mass is 19.3. The topological polar surface area (TPSA) is 35.2 Å². The molecule has 1 aliphatic rings. The first-order chi connectivity index (χ1) is 4.62. The predicted molar refractivity (Wildman–Crippen MR) is 32.7 cm³/mol. The van der Waals surface area contributed by atoms with Crippen molar-refractivity contribution in [2.45, 2.75) is 31.4 Å². The monoisotopic (exact) mass is 151 g/mol. The summed E-state index contributed by atoms with van der Waals surface area (Å²) in [7, 11) is 0. The molecule has 1 fully saturated rings. The molecule has 0 aromatic rings. The predicted octanol–water partition coefficient (Wildman–Crippen LogP) is 1.11. The van der Waals surface area contributed by atoms with E-state index in [0.717, 1.165) is 12.8 Å². The fraction of sp³-hybridized carbons (Fsp3) is 1.00. The average Bonchev–Trinajstić information content (AvgIpc) is 2.47. The summed E-state index contributed by atoms with van der Waals surface area (Å²) in [6.07, 6.45) is 2.44. The van der Waals surface area contributed by atoms with E-state index in [0.29, 0.717) is 6.42 Å². The van der Waals surface area contributed by atoms with E-state index in [4.69, 9.17) is 5.73 Å². The quantitative estimate of drug-likeness (QED) is 0.653. The molecule has 0 saturated heterocycles. The Labute approximate surface area is 58.3 Å². The second-order valence-corrected chi connectivity index (χ2v) is 2.74. The Morgan fingerprint density at radius 1 is 1.50 bits per heavy atom. The lowest BCUT2D eigenvalue weighted by Crippen LogP contribution is -2.24. The molecular formula is C6H11F2NO. The minimum atomic E-state index is -2.65. The number of alkyl halides is 2. The molecule has 0 heterocycles. The molecule has 0 unspecified atom stereocenters. The molecule has 2 N–H and O–H groups in total. The molecule has 60 valence electrons. The molecule has 0 aromatic heterocycles. The van der Waals surface area contributed by atoms with Gasteiger partial charge in [0.25, 0.3) is 0 Å². The van der Waals surface area contributed by atoms with Gasteiger partial charge in [0.15, 0.2) is 0 Å². The second-order valence-electron chi connectivity index (χ2n) is 2.74. The van der Waals surface area contributed by atoms with Gasteiger partial charge < -0.3 is 10.5 Å². The van der Waals surface area contributed by atoms with Crippen molar-refractivity contribution in [2.24, 2.45) is 5.73 Å². The highest BCUT2D eigenvalue weighted by Crippen LogP contribution is 2.35. The summed E-state index contributed by atoms with van der Waals surface area (Å²) in [5, 5.41) is 0. The minimum absolute atomic E-state index is 0.0775. The molecule has 4 heteroatoms. The van der Waals surface area contributed by atoms with Gasteiger partial charge in [-0.25, -0.2) is 0 Å². The summed E-state index contributed by atoms with van der Waals surface area (Å²) < 4.78 is 26.8. The minimum Gasteiger partial charge on any atom is -0.325 e. The Hall–Kier alpha value is -0.220. The van der Waals surface area contributed by atoms with E-state index >= 15 is 0 Å². The zero-order valence-corrected chi connectivity index (χ0v) is 5.65. The van der Waals surface area contributed by atoms with Gasteiger partial charge in [-0.3, -0.25) is 0 Å². The highest BCUT2D eigenvalue weighted by Gasteiger charge is 2.37. The summed E-state index contributed by atoms with van der Waals surface area (Å²) in [4.78, 5) is 0. The van der Waals surface area contributed by atoms with Crippen LogP contribution in [0.5, 0.6) is 0 Å². The maximum absolute atomic E-state index is 11.4. The van der Waals surface area contributed by atoms with Crippen molar-refractivity contribution in [1.82, 2.24) is 0 Å². The van der Waals surface area contributed by atoms with Gasteiger partial charge in [0.2, 0.25) is 0 Å². The molecule has 0 aromatic carbocycles. The van der Waals surface area contributed by atoms with Crippen molar-refractivity contribution < 1.29 is 13.5 Å². The molecule has 1 rings (SSSR count). The van der Waals surface area contributed by atoms with Gasteiger partial charge >= 0.3 is 6.61 Å². The van der Waals surface area contributed by atoms with Crippen molar-refractivity contribution >= 4 is 0 Å². The molecule has 2 nitrogen and oxygen atoms in total. The van der Waals surface area contributed by atoms with Gasteiger partial charge in [-0.15, -0.1) is 0 Å². The lowest BCUT2D eigenvalue weighted by Gasteiger charge is -2.07. The number of hydrogen-bond acceptors (Lipinski definition) is 2. The summed E-state index contributed by atoms with van der Waals surface area (Å²) >= 11 is 0. The maximum atomic E-state index is 11.4. The third-order valence-electron chi connectivity index (χ3n) is 1.74. The molecule has 0 bridgehead atoms. The van der Waals surface area contributed by atoms with Crippen LogP contribution in [0.15, 0.2) is 0 Å². The molecule has 1 aliphatic carbocycles. The number of nitrogens with two attached hydrogens (primary N) is 1. The van der Waals surface area contributed by atoms with Crippen molar-refractivity contribution in [1.29, 1.82) is 0 Å². The lowest BCUT2D eigenvalue weighted by atomic mass is 10.2. The van der Waals surface area contributed by atoms with E-state index in [1.54, 1.807) is 0 Å². The molecular weight excluding hydrogens is 140 g/mol. The van der Waals surface area contributed by atoms with Gasteiger partial charge in [0.1, 0.15) is 0 Å². The van der Waals surface area contributed by atoms with E-state index in [1.165, 1.54) is 0 Å². The first-order valence-corrected chi connectivity index (χ1v) is 3.31. The van der Waals surface area contributed by atoms with Crippen molar-refractivity contribution in [2.75, 3.05) is 6.61 Å². The maximum Gasteiger partial charge on any atom is 0.345 e. The highest BCUT2D eigenvalue weighted by molar-refractivity contribution is 4.98. The van der Waals surface area contributed by atoms with Crippen LogP contribution in [0.3, 0.4) is 0 Å². The summed E-state index contributed by atoms with van der Waals surface area (Å²) in [5.74, 6) is 0. The SMILES string of the molecule is NC1(CCOC(F)F)CC1. The molecule has 1 saturated carbocycles. The normalized spacial score (nSPS) is 21.6. The Morgan fingerprint density at radius 2 is 2.10 bits per heavy atom. The van der Waals surface area contributed by atoms with Gasteiger partial charge in [-0.2, -0.15) is 8.78 Å². The third-order valence-corrected chi connectivity index (χ3v) is 1.74. The molecule has 10 heavy (non-hydrogen) atoms. The zero-order chi connectivity index (χ0) is 7.61. The lowest BCUT2D eigenvalue weighted by molar-refractivity contribution is -0.130. The molecule has 0 aliphatic heterocycles. The number of rotatable bonds is 4. The fourth-order valence-electron chi connectivity index (χ4n) is 0.762. The van der Waals surface area contributed by atoms with Crippen LogP contribution in [0, 0.1) is 0 Å². The van der Waals surface area contributed by atoms with Crippen LogP contribution < -0.4 is 5.73 Å². The number of hydrogen-bond donors (Lipinski definition) is 1. The van der Waals surface area contributed by atoms with Crippen LogP contribution in [-0.4, -0.2) is 18.8 Å². The second kappa shape index (κ2) is 2.80. The van der Waals surface area contributed by atoms with Crippen molar-refractivity contribution in [3.05, 3.63) is 0 Å². The van der Waals surface area contributed by atoms with E-state index in [2.05, 4.69) is 4.74 Å². The van der Waals surface area contributed by atoms with Crippen LogP contribution in [0.2, 0.25) is 0 Å².